The normalized spacial score (nSPS) is 19.8. The van der Waals surface area contributed by atoms with Crippen LogP contribution in [-0.4, -0.2) is 52.6 Å². The van der Waals surface area contributed by atoms with E-state index in [-0.39, 0.29) is 13.1 Å². The summed E-state index contributed by atoms with van der Waals surface area (Å²) in [7, 11) is 0. The summed E-state index contributed by atoms with van der Waals surface area (Å²) in [5.41, 5.74) is 0.592. The van der Waals surface area contributed by atoms with Crippen molar-refractivity contribution in [2.75, 3.05) is 13.1 Å². The van der Waals surface area contributed by atoms with Crippen molar-refractivity contribution in [3.05, 3.63) is 48.2 Å². The largest absolute Gasteiger partial charge is 0.434 e. The van der Waals surface area contributed by atoms with E-state index in [0.717, 1.165) is 11.2 Å². The Balaban J connectivity index is 1.72. The van der Waals surface area contributed by atoms with Crippen LogP contribution >= 0.6 is 0 Å². The van der Waals surface area contributed by atoms with Crippen molar-refractivity contribution in [2.45, 2.75) is 6.04 Å². The molecule has 1 aromatic carbocycles. The van der Waals surface area contributed by atoms with Gasteiger partial charge in [-0.15, -0.1) is 0 Å². The summed E-state index contributed by atoms with van der Waals surface area (Å²) >= 11 is 0. The predicted molar refractivity (Wildman–Crippen MR) is 73.6 cm³/mol. The zero-order valence-corrected chi connectivity index (χ0v) is 11.5. The van der Waals surface area contributed by atoms with Crippen molar-refractivity contribution in [3.8, 4) is 0 Å². The minimum Gasteiger partial charge on any atom is -0.434 e. The number of imide groups is 1. The van der Waals surface area contributed by atoms with Gasteiger partial charge in [0.05, 0.1) is 23.9 Å². The van der Waals surface area contributed by atoms with Gasteiger partial charge >= 0.3 is 5.97 Å². The predicted octanol–water partition coefficient (Wildman–Crippen LogP) is 0.180. The second-order valence-corrected chi connectivity index (χ2v) is 4.92. The van der Waals surface area contributed by atoms with Gasteiger partial charge in [0.15, 0.2) is 0 Å². The first-order chi connectivity index (χ1) is 10.5. The van der Waals surface area contributed by atoms with Crippen LogP contribution in [0.3, 0.4) is 0 Å². The van der Waals surface area contributed by atoms with Gasteiger partial charge in [0.2, 0.25) is 5.91 Å². The molecule has 3 amide bonds. The highest BCUT2D eigenvalue weighted by molar-refractivity contribution is 6.23. The van der Waals surface area contributed by atoms with E-state index in [4.69, 9.17) is 0 Å². The number of amides is 3. The molecule has 0 aromatic heterocycles. The van der Waals surface area contributed by atoms with Gasteiger partial charge in [-0.25, -0.2) is 4.79 Å². The number of rotatable bonds is 4. The fourth-order valence-electron chi connectivity index (χ4n) is 2.59. The molecule has 7 nitrogen and oxygen atoms in total. The second kappa shape index (κ2) is 5.10. The van der Waals surface area contributed by atoms with Gasteiger partial charge in [0, 0.05) is 0 Å². The van der Waals surface area contributed by atoms with Gasteiger partial charge < -0.3 is 9.64 Å². The first-order valence-electron chi connectivity index (χ1n) is 6.60. The summed E-state index contributed by atoms with van der Waals surface area (Å²) in [6.07, 6.45) is 0.980. The number of hydrogen-bond donors (Lipinski definition) is 0. The zero-order chi connectivity index (χ0) is 15.9. The summed E-state index contributed by atoms with van der Waals surface area (Å²) in [6.45, 7) is 3.14. The van der Waals surface area contributed by atoms with Crippen molar-refractivity contribution in [1.82, 2.24) is 9.80 Å². The number of fused-ring (bicyclic) bond motifs is 1. The monoisotopic (exact) mass is 300 g/mol. The van der Waals surface area contributed by atoms with Crippen LogP contribution in [0.5, 0.6) is 0 Å². The average molecular weight is 300 g/mol. The van der Waals surface area contributed by atoms with E-state index in [2.05, 4.69) is 11.3 Å². The maximum atomic E-state index is 12.2. The third-order valence-corrected chi connectivity index (χ3v) is 3.66. The van der Waals surface area contributed by atoms with Gasteiger partial charge in [0.25, 0.3) is 11.8 Å². The highest BCUT2D eigenvalue weighted by Crippen LogP contribution is 2.28. The summed E-state index contributed by atoms with van der Waals surface area (Å²) in [6, 6.07) is 5.57. The lowest BCUT2D eigenvalue weighted by molar-refractivity contribution is -0.155. The number of β-lactam (4-membered cyclic amide) rings is 1. The maximum absolute atomic E-state index is 12.2. The van der Waals surface area contributed by atoms with E-state index >= 15 is 0 Å². The van der Waals surface area contributed by atoms with Crippen LogP contribution in [0.4, 0.5) is 0 Å². The summed E-state index contributed by atoms with van der Waals surface area (Å²) < 4.78 is 4.53. The average Bonchev–Trinajstić information content (AvgIpc) is 2.76. The Bertz CT molecular complexity index is 677. The lowest BCUT2D eigenvalue weighted by Crippen LogP contribution is -2.65. The number of hydrogen-bond acceptors (Lipinski definition) is 5. The quantitative estimate of drug-likeness (QED) is 0.343. The lowest BCUT2D eigenvalue weighted by Gasteiger charge is -2.41. The van der Waals surface area contributed by atoms with Crippen LogP contribution in [0, 0.1) is 0 Å². The third-order valence-electron chi connectivity index (χ3n) is 3.66. The molecular formula is C15H12N2O5. The molecule has 1 aromatic rings. The fourth-order valence-corrected chi connectivity index (χ4v) is 2.59. The molecule has 22 heavy (non-hydrogen) atoms. The molecule has 1 unspecified atom stereocenters. The van der Waals surface area contributed by atoms with E-state index in [1.807, 2.05) is 0 Å². The Morgan fingerprint density at radius 3 is 2.32 bits per heavy atom. The molecule has 0 radical (unpaired) electrons. The molecule has 2 aliphatic rings. The van der Waals surface area contributed by atoms with Gasteiger partial charge in [-0.05, 0) is 12.1 Å². The van der Waals surface area contributed by atoms with Crippen molar-refractivity contribution >= 4 is 23.7 Å². The van der Waals surface area contributed by atoms with Gasteiger partial charge in [-0.2, -0.15) is 0 Å². The number of carbonyl (C=O) groups excluding carboxylic acids is 4. The number of esters is 1. The topological polar surface area (TPSA) is 84.0 Å². The van der Waals surface area contributed by atoms with Crippen LogP contribution < -0.4 is 0 Å². The molecule has 2 heterocycles. The van der Waals surface area contributed by atoms with Gasteiger partial charge in [-0.1, -0.05) is 18.7 Å². The number of ether oxygens (including phenoxy) is 1. The molecule has 3 rings (SSSR count). The lowest BCUT2D eigenvalue weighted by atomic mass is 10.1. The third kappa shape index (κ3) is 1.98. The van der Waals surface area contributed by atoms with Crippen molar-refractivity contribution in [3.63, 3.8) is 0 Å². The minimum atomic E-state index is -0.857. The first-order valence-corrected chi connectivity index (χ1v) is 6.60. The van der Waals surface area contributed by atoms with Crippen LogP contribution in [0.25, 0.3) is 0 Å². The molecule has 2 aliphatic heterocycles. The standard InChI is InChI=1S/C15H12N2O5/c1-2-22-12(18)8-16-7-11(15(16)21)17-13(19)9-5-3-4-6-10(9)14(17)20/h2-6,11H,1,7-8H2. The van der Waals surface area contributed by atoms with Crippen LogP contribution in [0.15, 0.2) is 37.1 Å². The SMILES string of the molecule is C=COC(=O)CN1CC(N2C(=O)c3ccccc3C2=O)C1=O. The van der Waals surface area contributed by atoms with E-state index in [9.17, 15) is 19.2 Å². The molecule has 0 bridgehead atoms. The number of carbonyl (C=O) groups is 4. The molecule has 0 aliphatic carbocycles. The molecule has 0 N–H and O–H groups in total. The summed E-state index contributed by atoms with van der Waals surface area (Å²) in [4.78, 5) is 50.0. The number of likely N-dealkylation sites (tertiary alicyclic amines) is 1. The summed E-state index contributed by atoms with van der Waals surface area (Å²) in [5.74, 6) is -2.03. The molecular weight excluding hydrogens is 288 g/mol. The highest BCUT2D eigenvalue weighted by atomic mass is 16.5. The molecule has 0 saturated carbocycles. The van der Waals surface area contributed by atoms with Crippen molar-refractivity contribution in [1.29, 1.82) is 0 Å². The Morgan fingerprint density at radius 2 is 1.82 bits per heavy atom. The fraction of sp³-hybridized carbons (Fsp3) is 0.200. The van der Waals surface area contributed by atoms with Crippen LogP contribution in [0.1, 0.15) is 20.7 Å². The van der Waals surface area contributed by atoms with Gasteiger partial charge in [-0.3, -0.25) is 19.3 Å². The van der Waals surface area contributed by atoms with Crippen LogP contribution in [0.2, 0.25) is 0 Å². The molecule has 0 spiro atoms. The molecule has 112 valence electrons. The highest BCUT2D eigenvalue weighted by Gasteiger charge is 2.50. The first kappa shape index (κ1) is 14.0. The van der Waals surface area contributed by atoms with E-state index < -0.39 is 29.7 Å². The van der Waals surface area contributed by atoms with Gasteiger partial charge in [0.1, 0.15) is 12.6 Å². The maximum Gasteiger partial charge on any atom is 0.330 e. The number of nitrogens with zero attached hydrogens (tertiary/aromatic N) is 2. The van der Waals surface area contributed by atoms with Crippen molar-refractivity contribution in [2.24, 2.45) is 0 Å². The molecule has 7 heteroatoms. The van der Waals surface area contributed by atoms with Crippen molar-refractivity contribution < 1.29 is 23.9 Å². The molecule has 1 saturated heterocycles. The Hall–Kier alpha value is -2.96. The van der Waals surface area contributed by atoms with E-state index in [1.165, 1.54) is 4.90 Å². The van der Waals surface area contributed by atoms with Crippen LogP contribution in [-0.2, 0) is 14.3 Å². The molecule has 1 atom stereocenters. The summed E-state index contributed by atoms with van der Waals surface area (Å²) in [5, 5.41) is 0. The second-order valence-electron chi connectivity index (χ2n) is 4.92. The molecule has 1 fully saturated rings. The Kier molecular flexibility index (Phi) is 3.25. The van der Waals surface area contributed by atoms with E-state index in [0.29, 0.717) is 11.1 Å². The number of benzene rings is 1. The smallest absolute Gasteiger partial charge is 0.330 e. The van der Waals surface area contributed by atoms with E-state index in [1.54, 1.807) is 24.3 Å². The zero-order valence-electron chi connectivity index (χ0n) is 11.5. The minimum absolute atomic E-state index is 0.122. The Morgan fingerprint density at radius 1 is 1.23 bits per heavy atom. The Labute approximate surface area is 125 Å².